The first-order valence-corrected chi connectivity index (χ1v) is 12.7. The van der Waals surface area contributed by atoms with Crippen molar-refractivity contribution in [1.29, 1.82) is 0 Å². The normalized spacial score (nSPS) is 29.2. The van der Waals surface area contributed by atoms with Crippen LogP contribution in [0, 0.1) is 11.3 Å². The van der Waals surface area contributed by atoms with Gasteiger partial charge in [0.1, 0.15) is 18.0 Å². The van der Waals surface area contributed by atoms with Crippen molar-refractivity contribution in [2.24, 2.45) is 11.3 Å². The van der Waals surface area contributed by atoms with Crippen molar-refractivity contribution >= 4 is 17.6 Å². The van der Waals surface area contributed by atoms with Crippen LogP contribution in [0.1, 0.15) is 71.9 Å². The van der Waals surface area contributed by atoms with Gasteiger partial charge < -0.3 is 14.8 Å². The first-order valence-electron chi connectivity index (χ1n) is 12.7. The Bertz CT molecular complexity index is 1350. The molecule has 3 aliphatic rings. The average Bonchev–Trinajstić information content (AvgIpc) is 3.46. The summed E-state index contributed by atoms with van der Waals surface area (Å²) >= 11 is 0. The fraction of sp³-hybridized carbons (Fsp3) is 0.355. The van der Waals surface area contributed by atoms with Crippen LogP contribution in [-0.4, -0.2) is 17.5 Å². The molecule has 2 bridgehead atoms. The maximum atomic E-state index is 13.2. The Kier molecular flexibility index (Phi) is 5.05. The minimum Gasteiger partial charge on any atom is -0.486 e. The van der Waals surface area contributed by atoms with E-state index >= 15 is 0 Å². The number of hydrogen-bond donors (Lipinski definition) is 1. The second kappa shape index (κ2) is 7.95. The van der Waals surface area contributed by atoms with Gasteiger partial charge in [-0.3, -0.25) is 4.79 Å². The topological polar surface area (TPSA) is 64.6 Å². The van der Waals surface area contributed by atoms with E-state index in [2.05, 4.69) is 26.1 Å². The summed E-state index contributed by atoms with van der Waals surface area (Å²) in [6.07, 6.45) is 3.58. The number of ether oxygens (including phenoxy) is 2. The largest absolute Gasteiger partial charge is 0.486 e. The van der Waals surface area contributed by atoms with Crippen LogP contribution in [0.3, 0.4) is 0 Å². The maximum absolute atomic E-state index is 13.2. The van der Waals surface area contributed by atoms with Gasteiger partial charge in [0.2, 0.25) is 0 Å². The van der Waals surface area contributed by atoms with Gasteiger partial charge in [-0.15, -0.1) is 0 Å². The van der Waals surface area contributed by atoms with Crippen molar-refractivity contribution < 1.29 is 19.1 Å². The molecule has 1 amide bonds. The van der Waals surface area contributed by atoms with E-state index in [1.54, 1.807) is 24.3 Å². The number of hydrogen-bond acceptors (Lipinski definition) is 4. The van der Waals surface area contributed by atoms with Gasteiger partial charge in [-0.2, -0.15) is 0 Å². The second-order valence-electron chi connectivity index (χ2n) is 11.1. The number of carbonyl (C=O) groups is 2. The molecule has 3 aromatic carbocycles. The monoisotopic (exact) mass is 481 g/mol. The van der Waals surface area contributed by atoms with Gasteiger partial charge in [-0.05, 0) is 85.5 Å². The van der Waals surface area contributed by atoms with E-state index in [0.717, 1.165) is 16.9 Å². The molecule has 2 aliphatic carbocycles. The molecule has 2 saturated carbocycles. The van der Waals surface area contributed by atoms with E-state index < -0.39 is 5.97 Å². The minimum absolute atomic E-state index is 0.115. The van der Waals surface area contributed by atoms with Gasteiger partial charge in [0.05, 0.1) is 5.56 Å². The van der Waals surface area contributed by atoms with Crippen molar-refractivity contribution in [3.8, 4) is 5.75 Å². The van der Waals surface area contributed by atoms with Gasteiger partial charge in [0, 0.05) is 22.2 Å². The van der Waals surface area contributed by atoms with Crippen LogP contribution < -0.4 is 10.1 Å². The van der Waals surface area contributed by atoms with Crippen LogP contribution in [0.15, 0.2) is 72.8 Å². The standard InChI is InChI=1S/C31H31NO4/c1-29-16-15-23(18-29)31(3)30(29,2)25-17-22(11-14-26(25)36-31)27(33)32-24-12-9-21(10-13-24)28(34)35-19-20-7-5-4-6-8-20/h4-14,17,23H,15-16,18-19H2,1-3H3,(H,32,33). The molecule has 6 rings (SSSR count). The molecule has 4 atom stereocenters. The molecule has 1 heterocycles. The number of anilines is 1. The highest BCUT2D eigenvalue weighted by Gasteiger charge is 2.73. The number of nitrogens with one attached hydrogen (secondary N) is 1. The van der Waals surface area contributed by atoms with E-state index in [1.165, 1.54) is 19.3 Å². The maximum Gasteiger partial charge on any atom is 0.338 e. The Balaban J connectivity index is 1.16. The summed E-state index contributed by atoms with van der Waals surface area (Å²) in [5, 5.41) is 2.97. The molecule has 0 saturated heterocycles. The average molecular weight is 482 g/mol. The minimum atomic E-state index is -0.397. The number of benzene rings is 3. The Labute approximate surface area is 211 Å². The SMILES string of the molecule is CC12CCC(C1)C1(C)Oc3ccc(C(=O)Nc4ccc(C(=O)OCc5ccccc5)cc4)cc3C21C. The van der Waals surface area contributed by atoms with Crippen molar-refractivity contribution in [3.63, 3.8) is 0 Å². The highest BCUT2D eigenvalue weighted by atomic mass is 16.5. The molecule has 36 heavy (non-hydrogen) atoms. The molecule has 184 valence electrons. The molecule has 4 unspecified atom stereocenters. The summed E-state index contributed by atoms with van der Waals surface area (Å²) in [5.41, 5.74) is 3.60. The number of fused-ring (bicyclic) bond motifs is 7. The predicted octanol–water partition coefficient (Wildman–Crippen LogP) is 6.52. The molecule has 5 nitrogen and oxygen atoms in total. The Hall–Kier alpha value is -3.60. The van der Waals surface area contributed by atoms with Crippen LogP contribution in [0.25, 0.3) is 0 Å². The van der Waals surface area contributed by atoms with E-state index in [9.17, 15) is 9.59 Å². The van der Waals surface area contributed by atoms with Gasteiger partial charge >= 0.3 is 5.97 Å². The van der Waals surface area contributed by atoms with E-state index in [0.29, 0.717) is 22.7 Å². The zero-order valence-electron chi connectivity index (χ0n) is 21.0. The summed E-state index contributed by atoms with van der Waals surface area (Å²) < 4.78 is 12.0. The summed E-state index contributed by atoms with van der Waals surface area (Å²) in [6, 6.07) is 22.2. The molecule has 1 N–H and O–H groups in total. The van der Waals surface area contributed by atoms with Crippen LogP contribution in [0.4, 0.5) is 5.69 Å². The Morgan fingerprint density at radius 1 is 0.972 bits per heavy atom. The summed E-state index contributed by atoms with van der Waals surface area (Å²) in [6.45, 7) is 7.19. The third kappa shape index (κ3) is 3.22. The lowest BCUT2D eigenvalue weighted by atomic mass is 9.56. The summed E-state index contributed by atoms with van der Waals surface area (Å²) in [7, 11) is 0. The number of esters is 1. The van der Waals surface area contributed by atoms with E-state index in [-0.39, 0.29) is 28.9 Å². The zero-order chi connectivity index (χ0) is 25.1. The quantitative estimate of drug-likeness (QED) is 0.421. The van der Waals surface area contributed by atoms with Crippen molar-refractivity contribution in [2.45, 2.75) is 57.7 Å². The lowest BCUT2D eigenvalue weighted by Gasteiger charge is -2.48. The molecule has 0 aromatic heterocycles. The fourth-order valence-electron chi connectivity index (χ4n) is 7.03. The van der Waals surface area contributed by atoms with Gasteiger partial charge in [-0.25, -0.2) is 4.79 Å². The van der Waals surface area contributed by atoms with Crippen LogP contribution in [0.2, 0.25) is 0 Å². The molecule has 2 fully saturated rings. The van der Waals surface area contributed by atoms with Crippen molar-refractivity contribution in [3.05, 3.63) is 95.1 Å². The number of rotatable bonds is 5. The van der Waals surface area contributed by atoms with E-state index in [4.69, 9.17) is 9.47 Å². The molecule has 0 radical (unpaired) electrons. The molecular weight excluding hydrogens is 450 g/mol. The third-order valence-corrected chi connectivity index (χ3v) is 9.41. The zero-order valence-corrected chi connectivity index (χ0v) is 21.0. The third-order valence-electron chi connectivity index (χ3n) is 9.41. The predicted molar refractivity (Wildman–Crippen MR) is 138 cm³/mol. The fourth-order valence-corrected chi connectivity index (χ4v) is 7.03. The molecule has 3 aromatic rings. The molecular formula is C31H31NO4. The van der Waals surface area contributed by atoms with Gasteiger partial charge in [-0.1, -0.05) is 44.2 Å². The van der Waals surface area contributed by atoms with Crippen molar-refractivity contribution in [2.75, 3.05) is 5.32 Å². The van der Waals surface area contributed by atoms with Crippen LogP contribution in [0.5, 0.6) is 5.75 Å². The molecule has 0 spiro atoms. The first kappa shape index (κ1) is 22.8. The highest BCUT2D eigenvalue weighted by Crippen LogP contribution is 2.73. The van der Waals surface area contributed by atoms with Gasteiger partial charge in [0.15, 0.2) is 0 Å². The molecule has 1 aliphatic heterocycles. The number of carbonyl (C=O) groups excluding carboxylic acids is 2. The summed E-state index contributed by atoms with van der Waals surface area (Å²) in [4.78, 5) is 25.6. The lowest BCUT2D eigenvalue weighted by molar-refractivity contribution is -0.0260. The number of amides is 1. The summed E-state index contributed by atoms with van der Waals surface area (Å²) in [5.74, 6) is 0.886. The Morgan fingerprint density at radius 2 is 1.69 bits per heavy atom. The lowest BCUT2D eigenvalue weighted by Crippen LogP contribution is -2.54. The first-order chi connectivity index (χ1) is 17.2. The van der Waals surface area contributed by atoms with Gasteiger partial charge in [0.25, 0.3) is 5.91 Å². The van der Waals surface area contributed by atoms with Crippen LogP contribution >= 0.6 is 0 Å². The van der Waals surface area contributed by atoms with Crippen molar-refractivity contribution in [1.82, 2.24) is 0 Å². The highest BCUT2D eigenvalue weighted by molar-refractivity contribution is 6.04. The Morgan fingerprint density at radius 3 is 2.44 bits per heavy atom. The smallest absolute Gasteiger partial charge is 0.338 e. The van der Waals surface area contributed by atoms with Crippen LogP contribution in [-0.2, 0) is 16.8 Å². The molecule has 5 heteroatoms. The van der Waals surface area contributed by atoms with E-state index in [1.807, 2.05) is 48.5 Å². The second-order valence-corrected chi connectivity index (χ2v) is 11.1.